The number of oxime groups is 1. The molecule has 1 aliphatic carbocycles. The zero-order chi connectivity index (χ0) is 17.5. The van der Waals surface area contributed by atoms with Gasteiger partial charge in [0.2, 0.25) is 6.79 Å². The van der Waals surface area contributed by atoms with Crippen LogP contribution in [0.1, 0.15) is 16.7 Å². The molecular weight excluding hydrogens is 328 g/mol. The molecule has 26 heavy (non-hydrogen) atoms. The van der Waals surface area contributed by atoms with Crippen molar-refractivity contribution < 1.29 is 14.7 Å². The second-order valence-corrected chi connectivity index (χ2v) is 6.09. The van der Waals surface area contributed by atoms with Crippen LogP contribution in [0.5, 0.6) is 11.5 Å². The average molecular weight is 342 g/mol. The summed E-state index contributed by atoms with van der Waals surface area (Å²) in [6, 6.07) is 19.5. The summed E-state index contributed by atoms with van der Waals surface area (Å²) in [6.07, 6.45) is 1.78. The van der Waals surface area contributed by atoms with Crippen molar-refractivity contribution in [1.82, 2.24) is 0 Å². The summed E-state index contributed by atoms with van der Waals surface area (Å²) in [5.74, 6) is 1.48. The van der Waals surface area contributed by atoms with Crippen LogP contribution in [0.2, 0.25) is 0 Å². The fourth-order valence-corrected chi connectivity index (χ4v) is 3.36. The first-order valence-electron chi connectivity index (χ1n) is 8.23. The minimum absolute atomic E-state index is 0.255. The number of rotatable bonds is 2. The van der Waals surface area contributed by atoms with E-state index in [0.717, 1.165) is 45.0 Å². The molecule has 0 saturated carbocycles. The molecule has 5 rings (SSSR count). The van der Waals surface area contributed by atoms with Gasteiger partial charge in [0.25, 0.3) is 0 Å². The van der Waals surface area contributed by atoms with Crippen molar-refractivity contribution in [1.29, 1.82) is 0 Å². The van der Waals surface area contributed by atoms with E-state index in [4.69, 9.17) is 9.47 Å². The highest BCUT2D eigenvalue weighted by Gasteiger charge is 2.25. The van der Waals surface area contributed by atoms with E-state index >= 15 is 0 Å². The lowest BCUT2D eigenvalue weighted by molar-refractivity contribution is 0.174. The van der Waals surface area contributed by atoms with E-state index < -0.39 is 0 Å². The van der Waals surface area contributed by atoms with Crippen LogP contribution in [0.4, 0.5) is 5.69 Å². The number of nitrogens with zero attached hydrogens (tertiary/aromatic N) is 2. The molecule has 5 nitrogen and oxygen atoms in total. The van der Waals surface area contributed by atoms with Crippen molar-refractivity contribution in [3.8, 4) is 22.6 Å². The molecule has 126 valence electrons. The van der Waals surface area contributed by atoms with Crippen LogP contribution >= 0.6 is 0 Å². The molecule has 0 unspecified atom stereocenters. The quantitative estimate of drug-likeness (QED) is 0.334. The third-order valence-electron chi connectivity index (χ3n) is 4.59. The summed E-state index contributed by atoms with van der Waals surface area (Å²) in [6.45, 7) is 0.255. The smallest absolute Gasteiger partial charge is 0.231 e. The minimum Gasteiger partial charge on any atom is -0.454 e. The molecule has 1 N–H and O–H groups in total. The molecule has 0 aromatic heterocycles. The minimum atomic E-state index is 0.255. The number of fused-ring (bicyclic) bond motifs is 4. The van der Waals surface area contributed by atoms with E-state index in [1.165, 1.54) is 0 Å². The van der Waals surface area contributed by atoms with Crippen molar-refractivity contribution in [3.05, 3.63) is 77.4 Å². The highest BCUT2D eigenvalue weighted by Crippen LogP contribution is 2.38. The Bertz CT molecular complexity index is 1090. The molecule has 5 heteroatoms. The van der Waals surface area contributed by atoms with E-state index in [0.29, 0.717) is 5.71 Å². The van der Waals surface area contributed by atoms with Gasteiger partial charge in [0, 0.05) is 17.3 Å². The van der Waals surface area contributed by atoms with Gasteiger partial charge in [0.15, 0.2) is 11.5 Å². The Morgan fingerprint density at radius 2 is 1.62 bits per heavy atom. The number of ether oxygens (including phenoxy) is 2. The summed E-state index contributed by atoms with van der Waals surface area (Å²) >= 11 is 0. The lowest BCUT2D eigenvalue weighted by atomic mass is 10.1. The van der Waals surface area contributed by atoms with Gasteiger partial charge < -0.3 is 14.7 Å². The summed E-state index contributed by atoms with van der Waals surface area (Å²) < 4.78 is 10.7. The average Bonchev–Trinajstić information content (AvgIpc) is 3.27. The maximum absolute atomic E-state index is 9.47. The Morgan fingerprint density at radius 1 is 0.808 bits per heavy atom. The second kappa shape index (κ2) is 5.74. The molecule has 1 aliphatic heterocycles. The van der Waals surface area contributed by atoms with Crippen molar-refractivity contribution >= 4 is 17.6 Å². The van der Waals surface area contributed by atoms with Crippen molar-refractivity contribution in [2.45, 2.75) is 0 Å². The van der Waals surface area contributed by atoms with Crippen LogP contribution in [0, 0.1) is 0 Å². The molecule has 0 amide bonds. The number of hydrogen-bond acceptors (Lipinski definition) is 5. The predicted octanol–water partition coefficient (Wildman–Crippen LogP) is 4.37. The summed E-state index contributed by atoms with van der Waals surface area (Å²) in [7, 11) is 0. The van der Waals surface area contributed by atoms with E-state index in [1.54, 1.807) is 6.21 Å². The molecular formula is C21H14N2O3. The van der Waals surface area contributed by atoms with E-state index in [9.17, 15) is 5.21 Å². The molecule has 0 fully saturated rings. The molecule has 2 aliphatic rings. The van der Waals surface area contributed by atoms with E-state index in [2.05, 4.69) is 10.1 Å². The first-order chi connectivity index (χ1) is 12.8. The largest absolute Gasteiger partial charge is 0.454 e. The van der Waals surface area contributed by atoms with Crippen LogP contribution in [0.25, 0.3) is 11.1 Å². The maximum Gasteiger partial charge on any atom is 0.231 e. The Balaban J connectivity index is 1.50. The SMILES string of the molecule is ON=C1c2ccccc2-c2ccc(N=Cc3ccc4c(c3)OCO4)cc21. The van der Waals surface area contributed by atoms with E-state index in [1.807, 2.05) is 60.7 Å². The number of hydrogen-bond donors (Lipinski definition) is 1. The van der Waals surface area contributed by atoms with Crippen molar-refractivity contribution in [2.24, 2.45) is 10.1 Å². The van der Waals surface area contributed by atoms with Crippen LogP contribution in [-0.2, 0) is 0 Å². The lowest BCUT2D eigenvalue weighted by Crippen LogP contribution is -1.97. The molecule has 0 atom stereocenters. The van der Waals surface area contributed by atoms with Crippen LogP contribution < -0.4 is 9.47 Å². The standard InChI is InChI=1S/C21H14N2O3/c24-23-21-17-4-2-1-3-15(17)16-7-6-14(10-18(16)21)22-11-13-5-8-19-20(9-13)26-12-25-19/h1-11,24H,12H2. The summed E-state index contributed by atoms with van der Waals surface area (Å²) in [5.41, 5.74) is 6.23. The first-order valence-corrected chi connectivity index (χ1v) is 8.23. The van der Waals surface area contributed by atoms with Crippen LogP contribution in [-0.4, -0.2) is 23.9 Å². The summed E-state index contributed by atoms with van der Waals surface area (Å²) in [4.78, 5) is 4.55. The normalized spacial score (nSPS) is 15.5. The van der Waals surface area contributed by atoms with Crippen LogP contribution in [0.3, 0.4) is 0 Å². The predicted molar refractivity (Wildman–Crippen MR) is 99.1 cm³/mol. The Hall–Kier alpha value is -3.60. The molecule has 0 spiro atoms. The fraction of sp³-hybridized carbons (Fsp3) is 0.0476. The molecule has 3 aromatic carbocycles. The molecule has 3 aromatic rings. The zero-order valence-corrected chi connectivity index (χ0v) is 13.7. The van der Waals surface area contributed by atoms with Crippen LogP contribution in [0.15, 0.2) is 70.8 Å². The maximum atomic E-state index is 9.47. The number of aliphatic imine (C=N–C) groups is 1. The zero-order valence-electron chi connectivity index (χ0n) is 13.7. The second-order valence-electron chi connectivity index (χ2n) is 6.09. The van der Waals surface area contributed by atoms with Gasteiger partial charge in [0.1, 0.15) is 5.71 Å². The van der Waals surface area contributed by atoms with Gasteiger partial charge in [-0.3, -0.25) is 4.99 Å². The topological polar surface area (TPSA) is 63.4 Å². The Labute approximate surface area is 149 Å². The molecule has 0 radical (unpaired) electrons. The fourth-order valence-electron chi connectivity index (χ4n) is 3.36. The third-order valence-corrected chi connectivity index (χ3v) is 4.59. The molecule has 1 heterocycles. The third kappa shape index (κ3) is 2.25. The lowest BCUT2D eigenvalue weighted by Gasteiger charge is -2.02. The van der Waals surface area contributed by atoms with Gasteiger partial charge in [0.05, 0.1) is 5.69 Å². The van der Waals surface area contributed by atoms with Gasteiger partial charge in [-0.2, -0.15) is 0 Å². The van der Waals surface area contributed by atoms with Crippen molar-refractivity contribution in [3.63, 3.8) is 0 Å². The highest BCUT2D eigenvalue weighted by atomic mass is 16.7. The highest BCUT2D eigenvalue weighted by molar-refractivity contribution is 6.24. The molecule has 0 saturated heterocycles. The van der Waals surface area contributed by atoms with Crippen molar-refractivity contribution in [2.75, 3.05) is 6.79 Å². The monoisotopic (exact) mass is 342 g/mol. The van der Waals surface area contributed by atoms with Gasteiger partial charge in [-0.25, -0.2) is 0 Å². The first kappa shape index (κ1) is 14.7. The van der Waals surface area contributed by atoms with Gasteiger partial charge >= 0.3 is 0 Å². The number of benzene rings is 3. The van der Waals surface area contributed by atoms with Gasteiger partial charge in [-0.15, -0.1) is 0 Å². The molecule has 0 bridgehead atoms. The van der Waals surface area contributed by atoms with E-state index in [-0.39, 0.29) is 6.79 Å². The summed E-state index contributed by atoms with van der Waals surface area (Å²) in [5, 5.41) is 13.0. The Kier molecular flexibility index (Phi) is 3.25. The Morgan fingerprint density at radius 3 is 2.50 bits per heavy atom. The van der Waals surface area contributed by atoms with Gasteiger partial charge in [-0.1, -0.05) is 35.5 Å². The van der Waals surface area contributed by atoms with Gasteiger partial charge in [-0.05, 0) is 47.0 Å².